The first-order valence-electron chi connectivity index (χ1n) is 11.3. The highest BCUT2D eigenvalue weighted by Crippen LogP contribution is 2.55. The van der Waals surface area contributed by atoms with E-state index in [4.69, 9.17) is 9.16 Å². The van der Waals surface area contributed by atoms with Gasteiger partial charge in [0.15, 0.2) is 5.78 Å². The van der Waals surface area contributed by atoms with Gasteiger partial charge in [-0.25, -0.2) is 0 Å². The predicted molar refractivity (Wildman–Crippen MR) is 132 cm³/mol. The van der Waals surface area contributed by atoms with Gasteiger partial charge in [0, 0.05) is 22.8 Å². The molecule has 0 N–H and O–H groups in total. The van der Waals surface area contributed by atoms with Gasteiger partial charge < -0.3 is 9.16 Å². The van der Waals surface area contributed by atoms with Gasteiger partial charge in [-0.15, -0.1) is 18.3 Å². The molecule has 170 valence electrons. The maximum absolute atomic E-state index is 13.0. The van der Waals surface area contributed by atoms with E-state index < -0.39 is 8.32 Å². The van der Waals surface area contributed by atoms with Crippen molar-refractivity contribution in [2.75, 3.05) is 12.2 Å². The van der Waals surface area contributed by atoms with Crippen LogP contribution < -0.4 is 0 Å². The highest BCUT2D eigenvalue weighted by Gasteiger charge is 2.52. The fourth-order valence-electron chi connectivity index (χ4n) is 5.16. The van der Waals surface area contributed by atoms with Gasteiger partial charge in [0.05, 0.1) is 17.8 Å². The van der Waals surface area contributed by atoms with Gasteiger partial charge in [0.1, 0.15) is 0 Å². The third-order valence-electron chi connectivity index (χ3n) is 7.08. The Bertz CT molecular complexity index is 720. The minimum atomic E-state index is -1.77. The molecule has 2 aliphatic carbocycles. The summed E-state index contributed by atoms with van der Waals surface area (Å²) in [7, 11) is -1.77. The zero-order chi connectivity index (χ0) is 22.7. The largest absolute Gasteiger partial charge is 0.547 e. The zero-order valence-electron chi connectivity index (χ0n) is 20.4. The Morgan fingerprint density at radius 3 is 2.57 bits per heavy atom. The second-order valence-electron chi connectivity index (χ2n) is 10.4. The number of allylic oxidation sites excluding steroid dienone is 3. The van der Waals surface area contributed by atoms with E-state index in [-0.39, 0.29) is 16.9 Å². The lowest BCUT2D eigenvalue weighted by Gasteiger charge is -2.48. The fourth-order valence-corrected chi connectivity index (χ4v) is 6.47. The summed E-state index contributed by atoms with van der Waals surface area (Å²) in [6.45, 7) is 19.6. The first-order valence-corrected chi connectivity index (χ1v) is 16.1. The van der Waals surface area contributed by atoms with Crippen LogP contribution in [0.25, 0.3) is 0 Å². The van der Waals surface area contributed by atoms with Crippen LogP contribution in [0.15, 0.2) is 35.6 Å². The molecule has 0 unspecified atom stereocenters. The van der Waals surface area contributed by atoms with Crippen LogP contribution in [0.2, 0.25) is 19.6 Å². The summed E-state index contributed by atoms with van der Waals surface area (Å²) in [4.78, 5) is 13.0. The molecule has 0 amide bonds. The average molecular weight is 451 g/mol. The predicted octanol–water partition coefficient (Wildman–Crippen LogP) is 7.13. The van der Waals surface area contributed by atoms with Crippen LogP contribution in [-0.2, 0) is 14.0 Å². The van der Waals surface area contributed by atoms with Gasteiger partial charge in [-0.2, -0.15) is 0 Å². The number of carbonyl (C=O) groups is 1. The van der Waals surface area contributed by atoms with E-state index in [1.807, 2.05) is 13.0 Å². The number of hydrogen-bond donors (Lipinski definition) is 0. The molecule has 2 aliphatic rings. The van der Waals surface area contributed by atoms with Gasteiger partial charge >= 0.3 is 0 Å². The van der Waals surface area contributed by atoms with Gasteiger partial charge in [-0.1, -0.05) is 31.6 Å². The Hall–Kier alpha value is -0.783. The number of ether oxygens (including phenoxy) is 1. The first kappa shape index (κ1) is 25.5. The quantitative estimate of drug-likeness (QED) is 0.153. The number of Topliss-reactive ketones (excluding diaryl/α,β-unsaturated/α-hetero) is 1. The van der Waals surface area contributed by atoms with E-state index in [0.717, 1.165) is 37.0 Å². The number of hydrogen-bond acceptors (Lipinski definition) is 4. The number of carbonyl (C=O) groups excluding carboxylic acids is 1. The summed E-state index contributed by atoms with van der Waals surface area (Å²) < 4.78 is 13.0. The molecule has 0 spiro atoms. The average Bonchev–Trinajstić information content (AvgIpc) is 3.07. The van der Waals surface area contributed by atoms with Crippen LogP contribution in [0.1, 0.15) is 59.8 Å². The highest BCUT2D eigenvalue weighted by atomic mass is 32.2. The van der Waals surface area contributed by atoms with E-state index in [1.165, 1.54) is 5.57 Å². The van der Waals surface area contributed by atoms with Crippen molar-refractivity contribution in [1.29, 1.82) is 0 Å². The summed E-state index contributed by atoms with van der Waals surface area (Å²) >= 11 is 1.69. The summed E-state index contributed by atoms with van der Waals surface area (Å²) in [5.74, 6) is 2.33. The minimum Gasteiger partial charge on any atom is -0.547 e. The molecule has 0 heterocycles. The molecule has 0 bridgehead atoms. The Kier molecular flexibility index (Phi) is 8.31. The summed E-state index contributed by atoms with van der Waals surface area (Å²) in [6, 6.07) is 0. The van der Waals surface area contributed by atoms with Crippen molar-refractivity contribution >= 4 is 25.9 Å². The summed E-state index contributed by atoms with van der Waals surface area (Å²) in [6.07, 6.45) is 10.6. The topological polar surface area (TPSA) is 35.5 Å². The Balaban J connectivity index is 2.49. The lowest BCUT2D eigenvalue weighted by molar-refractivity contribution is -0.118. The van der Waals surface area contributed by atoms with E-state index in [9.17, 15) is 4.79 Å². The molecule has 0 saturated carbocycles. The standard InChI is InChI=1S/C25H42O3SSi/c1-10-21(28-30(7,8)9)24(4,11-2)16-22(27-17-29-6)25(5)18(3)12-13-19-14-15-20(26)23(19)25/h10-11,18,22H,2,12-17H2,1,3-9H3/b21-10-/t18-,22+,24+,25+/m0/s1. The molecule has 0 saturated heterocycles. The highest BCUT2D eigenvalue weighted by molar-refractivity contribution is 7.98. The number of rotatable bonds is 10. The lowest BCUT2D eigenvalue weighted by atomic mass is 9.59. The van der Waals surface area contributed by atoms with Crippen LogP contribution >= 0.6 is 11.8 Å². The fraction of sp³-hybridized carbons (Fsp3) is 0.720. The van der Waals surface area contributed by atoms with E-state index in [1.54, 1.807) is 11.8 Å². The van der Waals surface area contributed by atoms with E-state index in [0.29, 0.717) is 24.1 Å². The van der Waals surface area contributed by atoms with E-state index >= 15 is 0 Å². The van der Waals surface area contributed by atoms with Crippen LogP contribution in [0.4, 0.5) is 0 Å². The zero-order valence-corrected chi connectivity index (χ0v) is 22.2. The number of thioether (sulfide) groups is 1. The van der Waals surface area contributed by atoms with Crippen molar-refractivity contribution in [3.05, 3.63) is 35.6 Å². The summed E-state index contributed by atoms with van der Waals surface area (Å²) in [5, 5.41) is 0. The van der Waals surface area contributed by atoms with Crippen LogP contribution in [0, 0.1) is 16.7 Å². The van der Waals surface area contributed by atoms with Crippen molar-refractivity contribution in [1.82, 2.24) is 0 Å². The molecular formula is C25H42O3SSi. The van der Waals surface area contributed by atoms with Gasteiger partial charge in [0.25, 0.3) is 0 Å². The normalized spacial score (nSPS) is 28.2. The first-order chi connectivity index (χ1) is 13.9. The smallest absolute Gasteiger partial charge is 0.241 e. The lowest BCUT2D eigenvalue weighted by Crippen LogP contribution is -2.47. The third kappa shape index (κ3) is 5.16. The molecule has 0 radical (unpaired) electrons. The molecule has 2 rings (SSSR count). The molecule has 0 fully saturated rings. The van der Waals surface area contributed by atoms with Crippen LogP contribution in [0.3, 0.4) is 0 Å². The monoisotopic (exact) mass is 450 g/mol. The van der Waals surface area contributed by atoms with Crippen LogP contribution in [0.5, 0.6) is 0 Å². The maximum Gasteiger partial charge on any atom is 0.241 e. The second kappa shape index (κ2) is 9.79. The molecule has 5 heteroatoms. The molecule has 4 atom stereocenters. The van der Waals surface area contributed by atoms with Gasteiger partial charge in [0.2, 0.25) is 8.32 Å². The van der Waals surface area contributed by atoms with Crippen molar-refractivity contribution < 1.29 is 14.0 Å². The molecule has 0 aromatic heterocycles. The Labute approximate surface area is 189 Å². The Morgan fingerprint density at radius 1 is 1.37 bits per heavy atom. The molecular weight excluding hydrogens is 408 g/mol. The summed E-state index contributed by atoms with van der Waals surface area (Å²) in [5.41, 5.74) is 1.83. The van der Waals surface area contributed by atoms with Crippen molar-refractivity contribution in [2.24, 2.45) is 16.7 Å². The molecule has 30 heavy (non-hydrogen) atoms. The van der Waals surface area contributed by atoms with E-state index in [2.05, 4.69) is 59.3 Å². The SMILES string of the molecule is C=C[C@](C)(C[C@@H](OCSC)[C@]1(C)C2=C(CCC2=O)CC[C@@H]1C)/C(=C/C)O[Si](C)(C)C. The van der Waals surface area contributed by atoms with Crippen molar-refractivity contribution in [3.8, 4) is 0 Å². The van der Waals surface area contributed by atoms with Gasteiger partial charge in [-0.05, 0) is 71.3 Å². The van der Waals surface area contributed by atoms with Gasteiger partial charge in [-0.3, -0.25) is 4.79 Å². The molecule has 0 aliphatic heterocycles. The van der Waals surface area contributed by atoms with Crippen molar-refractivity contribution in [3.63, 3.8) is 0 Å². The minimum absolute atomic E-state index is 0.0736. The molecule has 3 nitrogen and oxygen atoms in total. The maximum atomic E-state index is 13.0. The third-order valence-corrected chi connectivity index (χ3v) is 8.29. The molecule has 0 aromatic rings. The number of ketones is 1. The Morgan fingerprint density at radius 2 is 2.03 bits per heavy atom. The van der Waals surface area contributed by atoms with Crippen molar-refractivity contribution in [2.45, 2.75) is 85.5 Å². The molecule has 0 aromatic carbocycles. The van der Waals surface area contributed by atoms with Crippen LogP contribution in [-0.4, -0.2) is 32.4 Å². The second-order valence-corrected chi connectivity index (χ2v) is 15.6.